The monoisotopic (exact) mass is 422 g/mol. The number of benzene rings is 2. The van der Waals surface area contributed by atoms with E-state index in [1.54, 1.807) is 7.11 Å². The lowest BCUT2D eigenvalue weighted by Crippen LogP contribution is -2.04. The Morgan fingerprint density at radius 1 is 1.24 bits per heavy atom. The third-order valence-corrected chi connectivity index (χ3v) is 5.94. The molecule has 5 heteroatoms. The molecule has 1 heterocycles. The summed E-state index contributed by atoms with van der Waals surface area (Å²) < 4.78 is 18.4. The number of fused-ring (bicyclic) bond motifs is 2. The third kappa shape index (κ3) is 3.40. The molecule has 2 aromatic carbocycles. The maximum Gasteiger partial charge on any atom is 0.126 e. The topological polar surface area (TPSA) is 27.7 Å². The molecule has 0 aromatic heterocycles. The van der Waals surface area contributed by atoms with Crippen molar-refractivity contribution in [2.75, 3.05) is 20.3 Å². The van der Waals surface area contributed by atoms with Gasteiger partial charge in [-0.2, -0.15) is 0 Å². The van der Waals surface area contributed by atoms with Gasteiger partial charge in [-0.05, 0) is 48.6 Å². The molecule has 0 N–H and O–H groups in total. The van der Waals surface area contributed by atoms with Crippen LogP contribution in [0.1, 0.15) is 41.6 Å². The molecule has 0 saturated heterocycles. The van der Waals surface area contributed by atoms with Gasteiger partial charge in [0.25, 0.3) is 0 Å². The lowest BCUT2D eigenvalue weighted by molar-refractivity contribution is 0.181. The normalized spacial score (nSPS) is 20.9. The van der Waals surface area contributed by atoms with Crippen molar-refractivity contribution in [3.63, 3.8) is 0 Å². The highest BCUT2D eigenvalue weighted by Gasteiger charge is 2.28. The zero-order valence-electron chi connectivity index (χ0n) is 14.1. The number of methoxy groups -OCH3 is 1. The highest BCUT2D eigenvalue weighted by atomic mass is 79.9. The van der Waals surface area contributed by atoms with Gasteiger partial charge in [0.2, 0.25) is 0 Å². The zero-order valence-corrected chi connectivity index (χ0v) is 16.4. The van der Waals surface area contributed by atoms with Gasteiger partial charge < -0.3 is 14.2 Å². The summed E-state index contributed by atoms with van der Waals surface area (Å²) in [6.45, 7) is 1.47. The van der Waals surface area contributed by atoms with E-state index >= 15 is 0 Å². The lowest BCUT2D eigenvalue weighted by atomic mass is 9.98. The van der Waals surface area contributed by atoms with Crippen LogP contribution >= 0.6 is 27.5 Å². The van der Waals surface area contributed by atoms with E-state index in [4.69, 9.17) is 25.8 Å². The first-order valence-electron chi connectivity index (χ1n) is 8.56. The Balaban J connectivity index is 1.53. The second-order valence-electron chi connectivity index (χ2n) is 6.59. The number of rotatable bonds is 5. The minimum atomic E-state index is 0.0359. The lowest BCUT2D eigenvalue weighted by Gasteiger charge is -2.16. The average Bonchev–Trinajstić information content (AvgIpc) is 3.17. The largest absolute Gasteiger partial charge is 0.493 e. The van der Waals surface area contributed by atoms with Gasteiger partial charge in [0.15, 0.2) is 0 Å². The van der Waals surface area contributed by atoms with Gasteiger partial charge in [0.05, 0.1) is 6.61 Å². The van der Waals surface area contributed by atoms with Crippen LogP contribution in [0.25, 0.3) is 0 Å². The molecule has 2 aromatic rings. The van der Waals surface area contributed by atoms with Crippen LogP contribution in [0.4, 0.5) is 0 Å². The molecule has 2 aliphatic rings. The molecule has 0 bridgehead atoms. The standard InChI is InChI=1S/C20H20BrClO3/c1-23-7-6-12-11-24-20-10-14(2-3-15(12)20)25-19-5-4-16-17(19)8-13(22)9-18(16)21/h2-3,8-10,12,19H,4-7,11H2,1H3. The van der Waals surface area contributed by atoms with Crippen LogP contribution in [-0.2, 0) is 11.2 Å². The first-order valence-corrected chi connectivity index (χ1v) is 9.73. The summed E-state index contributed by atoms with van der Waals surface area (Å²) in [6.07, 6.45) is 2.97. The van der Waals surface area contributed by atoms with Crippen LogP contribution in [0.3, 0.4) is 0 Å². The molecule has 2 unspecified atom stereocenters. The fourth-order valence-corrected chi connectivity index (χ4v) is 4.75. The van der Waals surface area contributed by atoms with E-state index in [1.165, 1.54) is 16.7 Å². The number of halogens is 2. The molecule has 0 fully saturated rings. The fraction of sp³-hybridized carbons (Fsp3) is 0.400. The Morgan fingerprint density at radius 2 is 2.12 bits per heavy atom. The molecule has 4 rings (SSSR count). The Kier molecular flexibility index (Phi) is 4.94. The van der Waals surface area contributed by atoms with Crippen molar-refractivity contribution in [2.45, 2.75) is 31.3 Å². The maximum atomic E-state index is 6.27. The van der Waals surface area contributed by atoms with Crippen molar-refractivity contribution < 1.29 is 14.2 Å². The van der Waals surface area contributed by atoms with Crippen molar-refractivity contribution in [3.05, 3.63) is 56.5 Å². The van der Waals surface area contributed by atoms with E-state index in [9.17, 15) is 0 Å². The van der Waals surface area contributed by atoms with Crippen LogP contribution in [0, 0.1) is 0 Å². The van der Waals surface area contributed by atoms with Gasteiger partial charge >= 0.3 is 0 Å². The maximum absolute atomic E-state index is 6.27. The number of hydrogen-bond acceptors (Lipinski definition) is 3. The van der Waals surface area contributed by atoms with Crippen LogP contribution in [0.2, 0.25) is 5.02 Å². The van der Waals surface area contributed by atoms with E-state index in [1.807, 2.05) is 24.3 Å². The van der Waals surface area contributed by atoms with Crippen molar-refractivity contribution in [1.29, 1.82) is 0 Å². The summed E-state index contributed by atoms with van der Waals surface area (Å²) in [4.78, 5) is 0. The summed E-state index contributed by atoms with van der Waals surface area (Å²) in [5, 5.41) is 0.736. The van der Waals surface area contributed by atoms with Gasteiger partial charge in [0.1, 0.15) is 17.6 Å². The van der Waals surface area contributed by atoms with E-state index in [-0.39, 0.29) is 6.10 Å². The van der Waals surface area contributed by atoms with Crippen molar-refractivity contribution in [2.24, 2.45) is 0 Å². The first-order chi connectivity index (χ1) is 12.2. The molecule has 0 amide bonds. The Labute approximate surface area is 161 Å². The van der Waals surface area contributed by atoms with Crippen molar-refractivity contribution >= 4 is 27.5 Å². The Hall–Kier alpha value is -1.23. The van der Waals surface area contributed by atoms with Gasteiger partial charge in [-0.25, -0.2) is 0 Å². The molecule has 1 aliphatic carbocycles. The van der Waals surface area contributed by atoms with Gasteiger partial charge in [-0.3, -0.25) is 0 Å². The van der Waals surface area contributed by atoms with E-state index < -0.39 is 0 Å². The fourth-order valence-electron chi connectivity index (χ4n) is 3.72. The predicted molar refractivity (Wildman–Crippen MR) is 102 cm³/mol. The molecule has 0 radical (unpaired) electrons. The predicted octanol–water partition coefficient (Wildman–Crippen LogP) is 5.68. The van der Waals surface area contributed by atoms with Crippen LogP contribution in [0.15, 0.2) is 34.8 Å². The molecular formula is C20H20BrClO3. The van der Waals surface area contributed by atoms with Crippen molar-refractivity contribution in [1.82, 2.24) is 0 Å². The minimum absolute atomic E-state index is 0.0359. The van der Waals surface area contributed by atoms with Gasteiger partial charge in [-0.15, -0.1) is 0 Å². The van der Waals surface area contributed by atoms with E-state index in [0.29, 0.717) is 5.92 Å². The number of ether oxygens (including phenoxy) is 3. The quantitative estimate of drug-likeness (QED) is 0.619. The summed E-state index contributed by atoms with van der Waals surface area (Å²) in [5.41, 5.74) is 3.73. The van der Waals surface area contributed by atoms with Crippen LogP contribution in [0.5, 0.6) is 11.5 Å². The van der Waals surface area contributed by atoms with E-state index in [0.717, 1.165) is 53.5 Å². The highest BCUT2D eigenvalue weighted by molar-refractivity contribution is 9.10. The molecule has 2 atom stereocenters. The Bertz CT molecular complexity index is 793. The smallest absolute Gasteiger partial charge is 0.126 e. The third-order valence-electron chi connectivity index (χ3n) is 5.01. The highest BCUT2D eigenvalue weighted by Crippen LogP contribution is 2.43. The second-order valence-corrected chi connectivity index (χ2v) is 7.88. The molecule has 132 valence electrons. The number of hydrogen-bond donors (Lipinski definition) is 0. The Morgan fingerprint density at radius 3 is 2.96 bits per heavy atom. The summed E-state index contributed by atoms with van der Waals surface area (Å²) in [6, 6.07) is 10.2. The summed E-state index contributed by atoms with van der Waals surface area (Å²) in [5.74, 6) is 2.19. The first kappa shape index (κ1) is 17.2. The second kappa shape index (κ2) is 7.18. The molecular weight excluding hydrogens is 404 g/mol. The van der Waals surface area contributed by atoms with Gasteiger partial charge in [-0.1, -0.05) is 33.6 Å². The molecule has 25 heavy (non-hydrogen) atoms. The van der Waals surface area contributed by atoms with Crippen LogP contribution in [-0.4, -0.2) is 20.3 Å². The molecule has 0 saturated carbocycles. The van der Waals surface area contributed by atoms with Crippen LogP contribution < -0.4 is 9.47 Å². The molecule has 1 aliphatic heterocycles. The molecule has 0 spiro atoms. The SMILES string of the molecule is COCCC1COc2cc(OC3CCc4c(Br)cc(Cl)cc43)ccc21. The minimum Gasteiger partial charge on any atom is -0.493 e. The average molecular weight is 424 g/mol. The zero-order chi connectivity index (χ0) is 17.4. The summed E-state index contributed by atoms with van der Waals surface area (Å²) >= 11 is 9.82. The molecule has 3 nitrogen and oxygen atoms in total. The van der Waals surface area contributed by atoms with Crippen molar-refractivity contribution in [3.8, 4) is 11.5 Å². The summed E-state index contributed by atoms with van der Waals surface area (Å²) in [7, 11) is 1.73. The van der Waals surface area contributed by atoms with Gasteiger partial charge in [0, 0.05) is 40.8 Å². The van der Waals surface area contributed by atoms with E-state index in [2.05, 4.69) is 22.0 Å².